The molecule has 1 aliphatic rings. The highest BCUT2D eigenvalue weighted by Gasteiger charge is 2.25. The van der Waals surface area contributed by atoms with Crippen molar-refractivity contribution in [3.8, 4) is 0 Å². The third-order valence-corrected chi connectivity index (χ3v) is 2.40. The highest BCUT2D eigenvalue weighted by molar-refractivity contribution is 5.81. The van der Waals surface area contributed by atoms with Gasteiger partial charge < -0.3 is 5.73 Å². The van der Waals surface area contributed by atoms with E-state index in [1.807, 2.05) is 30.3 Å². The molecule has 1 fully saturated rings. The van der Waals surface area contributed by atoms with Gasteiger partial charge in [-0.05, 0) is 12.0 Å². The van der Waals surface area contributed by atoms with Gasteiger partial charge in [0.2, 0.25) is 0 Å². The topological polar surface area (TPSA) is 67.2 Å². The number of rotatable bonds is 1. The van der Waals surface area contributed by atoms with Crippen LogP contribution in [-0.4, -0.2) is 11.9 Å². The quantitative estimate of drug-likeness (QED) is 0.589. The second-order valence-electron chi connectivity index (χ2n) is 3.44. The number of nitrogens with one attached hydrogen (secondary N) is 2. The summed E-state index contributed by atoms with van der Waals surface area (Å²) in [6.45, 7) is 0. The van der Waals surface area contributed by atoms with Crippen molar-refractivity contribution in [1.29, 1.82) is 0 Å². The van der Waals surface area contributed by atoms with Gasteiger partial charge in [-0.15, -0.1) is 0 Å². The Bertz CT molecular complexity index is 325. The normalized spacial score (nSPS) is 27.1. The number of hydrogen-bond donors (Lipinski definition) is 3. The predicted molar refractivity (Wildman–Crippen MR) is 53.1 cm³/mol. The van der Waals surface area contributed by atoms with Crippen molar-refractivity contribution in [2.24, 2.45) is 5.73 Å². The number of carbonyl (C=O) groups is 1. The van der Waals surface area contributed by atoms with Crippen molar-refractivity contribution in [2.45, 2.75) is 18.5 Å². The summed E-state index contributed by atoms with van der Waals surface area (Å²) in [5.41, 5.74) is 12.3. The van der Waals surface area contributed by atoms with E-state index in [1.165, 1.54) is 0 Å². The van der Waals surface area contributed by atoms with Gasteiger partial charge in [-0.2, -0.15) is 0 Å². The van der Waals surface area contributed by atoms with Crippen LogP contribution in [0.1, 0.15) is 18.0 Å². The van der Waals surface area contributed by atoms with Crippen molar-refractivity contribution >= 4 is 5.91 Å². The smallest absolute Gasteiger partial charge is 0.251 e. The summed E-state index contributed by atoms with van der Waals surface area (Å²) in [7, 11) is 0. The summed E-state index contributed by atoms with van der Waals surface area (Å²) in [5, 5.41) is 0. The average molecular weight is 191 g/mol. The van der Waals surface area contributed by atoms with E-state index in [9.17, 15) is 4.79 Å². The molecule has 0 aliphatic carbocycles. The minimum Gasteiger partial charge on any atom is -0.320 e. The monoisotopic (exact) mass is 191 g/mol. The number of amides is 1. The Morgan fingerprint density at radius 2 is 2.00 bits per heavy atom. The molecule has 0 bridgehead atoms. The number of carbonyl (C=O) groups excluding carboxylic acids is 1. The molecule has 1 aromatic rings. The Hall–Kier alpha value is -1.39. The molecule has 1 amide bonds. The van der Waals surface area contributed by atoms with Crippen molar-refractivity contribution in [3.05, 3.63) is 35.9 Å². The zero-order valence-corrected chi connectivity index (χ0v) is 7.73. The van der Waals surface area contributed by atoms with Crippen LogP contribution in [0.15, 0.2) is 30.3 Å². The molecular formula is C10H13N3O. The highest BCUT2D eigenvalue weighted by Crippen LogP contribution is 2.19. The minimum atomic E-state index is -0.415. The molecule has 14 heavy (non-hydrogen) atoms. The lowest BCUT2D eigenvalue weighted by Gasteiger charge is -2.28. The van der Waals surface area contributed by atoms with Crippen LogP contribution in [0.25, 0.3) is 0 Å². The largest absolute Gasteiger partial charge is 0.320 e. The number of hydrogen-bond acceptors (Lipinski definition) is 3. The van der Waals surface area contributed by atoms with Gasteiger partial charge in [0.1, 0.15) is 0 Å². The Kier molecular flexibility index (Phi) is 2.47. The molecule has 4 N–H and O–H groups in total. The molecule has 1 aliphatic heterocycles. The van der Waals surface area contributed by atoms with E-state index < -0.39 is 6.04 Å². The van der Waals surface area contributed by atoms with Gasteiger partial charge in [-0.25, -0.2) is 5.43 Å². The van der Waals surface area contributed by atoms with Crippen LogP contribution < -0.4 is 16.6 Å². The van der Waals surface area contributed by atoms with E-state index in [-0.39, 0.29) is 11.9 Å². The number of nitrogens with two attached hydrogens (primary N) is 1. The maximum atomic E-state index is 11.1. The first-order valence-electron chi connectivity index (χ1n) is 4.63. The van der Waals surface area contributed by atoms with E-state index >= 15 is 0 Å². The summed E-state index contributed by atoms with van der Waals surface area (Å²) in [5.74, 6) is -0.141. The second-order valence-corrected chi connectivity index (χ2v) is 3.44. The van der Waals surface area contributed by atoms with Gasteiger partial charge in [-0.3, -0.25) is 10.2 Å². The standard InChI is InChI=1S/C10H13N3O/c11-8-6-9(12-13-10(8)14)7-4-2-1-3-5-7/h1-5,8-9,12H,6,11H2,(H,13,14). The van der Waals surface area contributed by atoms with Crippen LogP contribution >= 0.6 is 0 Å². The third-order valence-electron chi connectivity index (χ3n) is 2.40. The van der Waals surface area contributed by atoms with Gasteiger partial charge in [0.25, 0.3) is 5.91 Å². The van der Waals surface area contributed by atoms with Crippen LogP contribution in [-0.2, 0) is 4.79 Å². The average Bonchev–Trinajstić information content (AvgIpc) is 2.23. The molecule has 4 nitrogen and oxygen atoms in total. The van der Waals surface area contributed by atoms with E-state index in [0.29, 0.717) is 6.42 Å². The van der Waals surface area contributed by atoms with Crippen LogP contribution in [0.3, 0.4) is 0 Å². The first kappa shape index (κ1) is 9.18. The summed E-state index contributed by atoms with van der Waals surface area (Å²) in [4.78, 5) is 11.1. The van der Waals surface area contributed by atoms with Gasteiger partial charge in [0.05, 0.1) is 12.1 Å². The summed E-state index contributed by atoms with van der Waals surface area (Å²) < 4.78 is 0. The molecule has 2 atom stereocenters. The SMILES string of the molecule is NC1CC(c2ccccc2)NNC1=O. The zero-order chi connectivity index (χ0) is 9.97. The van der Waals surface area contributed by atoms with E-state index in [1.54, 1.807) is 0 Å². The summed E-state index contributed by atoms with van der Waals surface area (Å²) >= 11 is 0. The predicted octanol–water partition coefficient (Wildman–Crippen LogP) is 0.0795. The van der Waals surface area contributed by atoms with Gasteiger partial charge in [0, 0.05) is 0 Å². The Balaban J connectivity index is 2.11. The van der Waals surface area contributed by atoms with Crippen LogP contribution in [0, 0.1) is 0 Å². The lowest BCUT2D eigenvalue weighted by atomic mass is 9.98. The maximum absolute atomic E-state index is 11.1. The molecule has 0 spiro atoms. The lowest BCUT2D eigenvalue weighted by molar-refractivity contribution is -0.125. The molecule has 74 valence electrons. The maximum Gasteiger partial charge on any atom is 0.251 e. The minimum absolute atomic E-state index is 0.115. The summed E-state index contributed by atoms with van der Waals surface area (Å²) in [6.07, 6.45) is 0.635. The van der Waals surface area contributed by atoms with Gasteiger partial charge in [0.15, 0.2) is 0 Å². The van der Waals surface area contributed by atoms with Crippen molar-refractivity contribution in [1.82, 2.24) is 10.9 Å². The fraction of sp³-hybridized carbons (Fsp3) is 0.300. The molecule has 1 aromatic carbocycles. The second kappa shape index (κ2) is 3.77. The Labute approximate surface area is 82.5 Å². The molecule has 4 heteroatoms. The third kappa shape index (κ3) is 1.76. The molecule has 1 heterocycles. The Morgan fingerprint density at radius 3 is 2.64 bits per heavy atom. The molecule has 0 radical (unpaired) electrons. The lowest BCUT2D eigenvalue weighted by Crippen LogP contribution is -2.55. The fourth-order valence-electron chi connectivity index (χ4n) is 1.58. The van der Waals surface area contributed by atoms with Crippen molar-refractivity contribution in [2.75, 3.05) is 0 Å². The van der Waals surface area contributed by atoms with Gasteiger partial charge >= 0.3 is 0 Å². The zero-order valence-electron chi connectivity index (χ0n) is 7.73. The van der Waals surface area contributed by atoms with Crippen molar-refractivity contribution in [3.63, 3.8) is 0 Å². The van der Waals surface area contributed by atoms with E-state index in [4.69, 9.17) is 5.73 Å². The van der Waals surface area contributed by atoms with Crippen LogP contribution in [0.5, 0.6) is 0 Å². The van der Waals surface area contributed by atoms with E-state index in [0.717, 1.165) is 5.56 Å². The van der Waals surface area contributed by atoms with Crippen LogP contribution in [0.4, 0.5) is 0 Å². The first-order chi connectivity index (χ1) is 6.77. The molecule has 2 rings (SSSR count). The number of hydrazine groups is 1. The molecule has 0 saturated carbocycles. The Morgan fingerprint density at radius 1 is 1.29 bits per heavy atom. The van der Waals surface area contributed by atoms with E-state index in [2.05, 4.69) is 10.9 Å². The molecular weight excluding hydrogens is 178 g/mol. The molecule has 1 saturated heterocycles. The van der Waals surface area contributed by atoms with Crippen molar-refractivity contribution < 1.29 is 4.79 Å². The fourth-order valence-corrected chi connectivity index (χ4v) is 1.58. The molecule has 0 aromatic heterocycles. The van der Waals surface area contributed by atoms with Gasteiger partial charge in [-0.1, -0.05) is 30.3 Å². The first-order valence-corrected chi connectivity index (χ1v) is 4.63. The highest BCUT2D eigenvalue weighted by atomic mass is 16.2. The van der Waals surface area contributed by atoms with Crippen LogP contribution in [0.2, 0.25) is 0 Å². The summed E-state index contributed by atoms with van der Waals surface area (Å²) in [6, 6.07) is 9.64. The molecule has 2 unspecified atom stereocenters. The number of benzene rings is 1.